The summed E-state index contributed by atoms with van der Waals surface area (Å²) in [6.07, 6.45) is -1.43. The number of carbonyl (C=O) groups excluding carboxylic acids is 2. The van der Waals surface area contributed by atoms with E-state index < -0.39 is 23.7 Å². The molecule has 154 valence electrons. The number of anilines is 1. The third kappa shape index (κ3) is 5.22. The number of benzene rings is 2. The van der Waals surface area contributed by atoms with Gasteiger partial charge < -0.3 is 10.6 Å². The first-order valence-corrected chi connectivity index (χ1v) is 9.03. The lowest BCUT2D eigenvalue weighted by Crippen LogP contribution is -2.26. The second-order valence-corrected chi connectivity index (χ2v) is 6.59. The van der Waals surface area contributed by atoms with E-state index in [0.29, 0.717) is 22.4 Å². The van der Waals surface area contributed by atoms with Gasteiger partial charge in [-0.25, -0.2) is 0 Å². The van der Waals surface area contributed by atoms with Crippen molar-refractivity contribution in [2.75, 3.05) is 5.32 Å². The van der Waals surface area contributed by atoms with E-state index in [1.54, 1.807) is 43.5 Å². The van der Waals surface area contributed by atoms with Gasteiger partial charge in [-0.1, -0.05) is 18.2 Å². The molecule has 30 heavy (non-hydrogen) atoms. The van der Waals surface area contributed by atoms with Crippen LogP contribution in [0.5, 0.6) is 0 Å². The van der Waals surface area contributed by atoms with E-state index in [-0.39, 0.29) is 5.91 Å². The van der Waals surface area contributed by atoms with Crippen molar-refractivity contribution >= 4 is 17.5 Å². The predicted octanol–water partition coefficient (Wildman–Crippen LogP) is 4.84. The Hall–Kier alpha value is -3.68. The molecule has 3 aromatic rings. The molecular weight excluding hydrogens is 395 g/mol. The molecule has 3 rings (SSSR count). The summed E-state index contributed by atoms with van der Waals surface area (Å²) in [5.41, 5.74) is 0.902. The van der Waals surface area contributed by atoms with Crippen molar-refractivity contribution < 1.29 is 22.8 Å². The number of carbonyl (C=O) groups is 2. The Morgan fingerprint density at radius 3 is 2.27 bits per heavy atom. The molecule has 8 heteroatoms. The normalized spacial score (nSPS) is 12.1. The molecule has 0 aliphatic heterocycles. The molecule has 2 amide bonds. The number of nitrogens with one attached hydrogen (secondary N) is 2. The van der Waals surface area contributed by atoms with Gasteiger partial charge in [-0.2, -0.15) is 13.2 Å². The first-order valence-electron chi connectivity index (χ1n) is 9.03. The van der Waals surface area contributed by atoms with Gasteiger partial charge in [0.25, 0.3) is 11.8 Å². The van der Waals surface area contributed by atoms with Crippen LogP contribution in [-0.4, -0.2) is 16.8 Å². The monoisotopic (exact) mass is 413 g/mol. The molecule has 0 aliphatic carbocycles. The molecule has 2 N–H and O–H groups in total. The molecule has 1 aromatic heterocycles. The minimum Gasteiger partial charge on any atom is -0.346 e. The van der Waals surface area contributed by atoms with Crippen molar-refractivity contribution in [3.05, 3.63) is 95.3 Å². The summed E-state index contributed by atoms with van der Waals surface area (Å²) >= 11 is 0. The number of halogens is 3. The number of amides is 2. The molecule has 5 nitrogen and oxygen atoms in total. The van der Waals surface area contributed by atoms with Crippen LogP contribution in [-0.2, 0) is 6.18 Å². The molecule has 2 aromatic carbocycles. The van der Waals surface area contributed by atoms with E-state index >= 15 is 0 Å². The van der Waals surface area contributed by atoms with Crippen LogP contribution in [0.2, 0.25) is 0 Å². The van der Waals surface area contributed by atoms with Gasteiger partial charge in [0.1, 0.15) is 0 Å². The van der Waals surface area contributed by atoms with Gasteiger partial charge in [0.05, 0.1) is 17.2 Å². The van der Waals surface area contributed by atoms with Gasteiger partial charge in [0, 0.05) is 23.6 Å². The van der Waals surface area contributed by atoms with Crippen molar-refractivity contribution in [1.82, 2.24) is 10.3 Å². The van der Waals surface area contributed by atoms with E-state index in [4.69, 9.17) is 0 Å². The standard InChI is InChI=1S/C22H18F3N3O2/c1-14(15-7-9-18(10-8-15)22(23,24)25)27-20(29)16-4-2-6-19(12-16)28-21(30)17-5-3-11-26-13-17/h2-14H,1H3,(H,27,29)(H,28,30)/t14-/m1/s1. The summed E-state index contributed by atoms with van der Waals surface area (Å²) in [4.78, 5) is 28.7. The Labute approximate surface area is 171 Å². The smallest absolute Gasteiger partial charge is 0.346 e. The Balaban J connectivity index is 1.67. The van der Waals surface area contributed by atoms with E-state index in [1.807, 2.05) is 0 Å². The average Bonchev–Trinajstić information content (AvgIpc) is 2.74. The van der Waals surface area contributed by atoms with Gasteiger partial charge in [-0.15, -0.1) is 0 Å². The summed E-state index contributed by atoms with van der Waals surface area (Å²) in [6.45, 7) is 1.68. The summed E-state index contributed by atoms with van der Waals surface area (Å²) in [5, 5.41) is 5.43. The van der Waals surface area contributed by atoms with Gasteiger partial charge in [0.15, 0.2) is 0 Å². The lowest BCUT2D eigenvalue weighted by Gasteiger charge is -2.16. The Morgan fingerprint density at radius 2 is 1.63 bits per heavy atom. The number of alkyl halides is 3. The maximum atomic E-state index is 12.7. The predicted molar refractivity (Wildman–Crippen MR) is 106 cm³/mol. The number of hydrogen-bond donors (Lipinski definition) is 2. The molecule has 1 atom stereocenters. The maximum absolute atomic E-state index is 12.7. The van der Waals surface area contributed by atoms with Crippen molar-refractivity contribution in [2.45, 2.75) is 19.1 Å². The fourth-order valence-corrected chi connectivity index (χ4v) is 2.76. The molecule has 1 heterocycles. The lowest BCUT2D eigenvalue weighted by atomic mass is 10.1. The SMILES string of the molecule is C[C@@H](NC(=O)c1cccc(NC(=O)c2cccnc2)c1)c1ccc(C(F)(F)F)cc1. The summed E-state index contributed by atoms with van der Waals surface area (Å²) in [7, 11) is 0. The van der Waals surface area contributed by atoms with Crippen LogP contribution in [0.4, 0.5) is 18.9 Å². The highest BCUT2D eigenvalue weighted by Crippen LogP contribution is 2.30. The van der Waals surface area contributed by atoms with Gasteiger partial charge in [-0.3, -0.25) is 14.6 Å². The summed E-state index contributed by atoms with van der Waals surface area (Å²) in [6, 6.07) is 13.7. The van der Waals surface area contributed by atoms with Gasteiger partial charge in [0.2, 0.25) is 0 Å². The molecule has 0 radical (unpaired) electrons. The topological polar surface area (TPSA) is 71.1 Å². The highest BCUT2D eigenvalue weighted by molar-refractivity contribution is 6.04. The summed E-state index contributed by atoms with van der Waals surface area (Å²) < 4.78 is 38.1. The minimum absolute atomic E-state index is 0.303. The van der Waals surface area contributed by atoms with Crippen LogP contribution >= 0.6 is 0 Å². The Morgan fingerprint density at radius 1 is 0.933 bits per heavy atom. The minimum atomic E-state index is -4.41. The van der Waals surface area contributed by atoms with Crippen molar-refractivity contribution in [1.29, 1.82) is 0 Å². The number of aromatic nitrogens is 1. The highest BCUT2D eigenvalue weighted by atomic mass is 19.4. The third-order valence-electron chi connectivity index (χ3n) is 4.39. The van der Waals surface area contributed by atoms with Crippen molar-refractivity contribution in [2.24, 2.45) is 0 Å². The zero-order valence-electron chi connectivity index (χ0n) is 15.9. The second kappa shape index (κ2) is 8.77. The zero-order valence-corrected chi connectivity index (χ0v) is 15.9. The average molecular weight is 413 g/mol. The Kier molecular flexibility index (Phi) is 6.15. The first kappa shape index (κ1) is 21.0. The molecule has 0 saturated heterocycles. The molecule has 0 saturated carbocycles. The Bertz CT molecular complexity index is 1040. The number of rotatable bonds is 5. The van der Waals surface area contributed by atoms with Crippen LogP contribution in [0.3, 0.4) is 0 Å². The number of pyridine rings is 1. The molecular formula is C22H18F3N3O2. The van der Waals surface area contributed by atoms with Crippen LogP contribution in [0, 0.1) is 0 Å². The lowest BCUT2D eigenvalue weighted by molar-refractivity contribution is -0.137. The number of hydrogen-bond acceptors (Lipinski definition) is 3. The van der Waals surface area contributed by atoms with E-state index in [2.05, 4.69) is 15.6 Å². The highest BCUT2D eigenvalue weighted by Gasteiger charge is 2.30. The third-order valence-corrected chi connectivity index (χ3v) is 4.39. The van der Waals surface area contributed by atoms with Gasteiger partial charge in [-0.05, 0) is 55.0 Å². The fraction of sp³-hybridized carbons (Fsp3) is 0.136. The molecule has 0 unspecified atom stereocenters. The number of nitrogens with zero attached hydrogens (tertiary/aromatic N) is 1. The molecule has 0 fully saturated rings. The quantitative estimate of drug-likeness (QED) is 0.629. The maximum Gasteiger partial charge on any atom is 0.416 e. The van der Waals surface area contributed by atoms with Crippen molar-refractivity contribution in [3.63, 3.8) is 0 Å². The zero-order chi connectivity index (χ0) is 21.7. The van der Waals surface area contributed by atoms with Crippen LogP contribution in [0.15, 0.2) is 73.1 Å². The molecule has 0 aliphatic rings. The van der Waals surface area contributed by atoms with Crippen LogP contribution in [0.1, 0.15) is 44.8 Å². The molecule has 0 spiro atoms. The fourth-order valence-electron chi connectivity index (χ4n) is 2.76. The second-order valence-electron chi connectivity index (χ2n) is 6.59. The van der Waals surface area contributed by atoms with E-state index in [1.165, 1.54) is 24.4 Å². The largest absolute Gasteiger partial charge is 0.416 e. The molecule has 0 bridgehead atoms. The first-order chi connectivity index (χ1) is 14.2. The van der Waals surface area contributed by atoms with Crippen LogP contribution < -0.4 is 10.6 Å². The van der Waals surface area contributed by atoms with E-state index in [0.717, 1.165) is 12.1 Å². The van der Waals surface area contributed by atoms with Crippen molar-refractivity contribution in [3.8, 4) is 0 Å². The van der Waals surface area contributed by atoms with Crippen LogP contribution in [0.25, 0.3) is 0 Å². The van der Waals surface area contributed by atoms with Gasteiger partial charge >= 0.3 is 6.18 Å². The van der Waals surface area contributed by atoms with E-state index in [9.17, 15) is 22.8 Å². The summed E-state index contributed by atoms with van der Waals surface area (Å²) in [5.74, 6) is -0.779.